The van der Waals surface area contributed by atoms with Crippen LogP contribution in [0.4, 0.5) is 0 Å². The summed E-state index contributed by atoms with van der Waals surface area (Å²) in [6.45, 7) is 3.32. The Morgan fingerprint density at radius 2 is 2.40 bits per heavy atom. The van der Waals surface area contributed by atoms with Crippen molar-refractivity contribution in [3.8, 4) is 10.7 Å². The summed E-state index contributed by atoms with van der Waals surface area (Å²) in [6.07, 6.45) is 0.357. The minimum atomic E-state index is -0.191. The molecule has 2 aromatic rings. The highest BCUT2D eigenvalue weighted by Gasteiger charge is 2.12. The molecule has 0 saturated heterocycles. The molecular formula is C13H17N3O3S. The van der Waals surface area contributed by atoms with Gasteiger partial charge in [0, 0.05) is 6.54 Å². The van der Waals surface area contributed by atoms with Crippen molar-refractivity contribution < 1.29 is 14.1 Å². The fourth-order valence-electron chi connectivity index (χ4n) is 1.65. The number of hydrogen-bond donors (Lipinski definition) is 0. The Bertz CT molecular complexity index is 539. The number of ether oxygens (including phenoxy) is 1. The Morgan fingerprint density at radius 3 is 3.10 bits per heavy atom. The molecule has 0 bridgehead atoms. The van der Waals surface area contributed by atoms with E-state index < -0.39 is 0 Å². The maximum Gasteiger partial charge on any atom is 0.307 e. The molecule has 0 aliphatic heterocycles. The second kappa shape index (κ2) is 7.16. The third-order valence-electron chi connectivity index (χ3n) is 2.62. The first-order valence-corrected chi connectivity index (χ1v) is 7.27. The Labute approximate surface area is 121 Å². The molecule has 0 aromatic carbocycles. The summed E-state index contributed by atoms with van der Waals surface area (Å²) in [5.41, 5.74) is 0. The largest absolute Gasteiger partial charge is 0.466 e. The monoisotopic (exact) mass is 295 g/mol. The zero-order valence-electron chi connectivity index (χ0n) is 11.5. The highest BCUT2D eigenvalue weighted by molar-refractivity contribution is 7.13. The zero-order chi connectivity index (χ0) is 14.4. The smallest absolute Gasteiger partial charge is 0.307 e. The van der Waals surface area contributed by atoms with Gasteiger partial charge in [-0.3, -0.25) is 9.69 Å². The van der Waals surface area contributed by atoms with E-state index in [2.05, 4.69) is 10.1 Å². The summed E-state index contributed by atoms with van der Waals surface area (Å²) in [6, 6.07) is 3.89. The molecule has 0 unspecified atom stereocenters. The van der Waals surface area contributed by atoms with Gasteiger partial charge in [-0.15, -0.1) is 11.3 Å². The minimum absolute atomic E-state index is 0.191. The third kappa shape index (κ3) is 4.14. The molecule has 6 nitrogen and oxygen atoms in total. The van der Waals surface area contributed by atoms with Gasteiger partial charge in [-0.2, -0.15) is 4.98 Å². The van der Waals surface area contributed by atoms with E-state index >= 15 is 0 Å². The summed E-state index contributed by atoms with van der Waals surface area (Å²) in [7, 11) is 1.90. The van der Waals surface area contributed by atoms with Crippen LogP contribution < -0.4 is 0 Å². The molecule has 20 heavy (non-hydrogen) atoms. The molecular weight excluding hydrogens is 278 g/mol. The van der Waals surface area contributed by atoms with Crippen LogP contribution in [0.2, 0.25) is 0 Å². The predicted molar refractivity (Wildman–Crippen MR) is 75.2 cm³/mol. The number of carbonyl (C=O) groups is 1. The van der Waals surface area contributed by atoms with Crippen molar-refractivity contribution in [3.63, 3.8) is 0 Å². The zero-order valence-corrected chi connectivity index (χ0v) is 12.4. The maximum atomic E-state index is 11.3. The van der Waals surface area contributed by atoms with Crippen molar-refractivity contribution >= 4 is 17.3 Å². The van der Waals surface area contributed by atoms with Crippen molar-refractivity contribution in [1.29, 1.82) is 0 Å². The first kappa shape index (κ1) is 14.7. The summed E-state index contributed by atoms with van der Waals surface area (Å²) < 4.78 is 10.1. The average Bonchev–Trinajstić information content (AvgIpc) is 3.07. The topological polar surface area (TPSA) is 68.5 Å². The van der Waals surface area contributed by atoms with Gasteiger partial charge >= 0.3 is 5.97 Å². The number of nitrogens with zero attached hydrogens (tertiary/aromatic N) is 3. The van der Waals surface area contributed by atoms with Crippen LogP contribution in [-0.4, -0.2) is 41.2 Å². The van der Waals surface area contributed by atoms with Gasteiger partial charge in [-0.05, 0) is 25.4 Å². The van der Waals surface area contributed by atoms with E-state index in [1.807, 2.05) is 29.5 Å². The Kier molecular flexibility index (Phi) is 5.25. The van der Waals surface area contributed by atoms with Crippen molar-refractivity contribution in [2.75, 3.05) is 20.2 Å². The molecule has 0 atom stereocenters. The van der Waals surface area contributed by atoms with E-state index in [0.29, 0.717) is 37.8 Å². The van der Waals surface area contributed by atoms with Crippen molar-refractivity contribution in [3.05, 3.63) is 23.4 Å². The van der Waals surface area contributed by atoms with E-state index in [1.165, 1.54) is 0 Å². The molecule has 0 aliphatic rings. The Hall–Kier alpha value is -1.73. The Morgan fingerprint density at radius 1 is 1.55 bits per heavy atom. The molecule has 0 spiro atoms. The lowest BCUT2D eigenvalue weighted by Crippen LogP contribution is -2.22. The van der Waals surface area contributed by atoms with Gasteiger partial charge < -0.3 is 9.26 Å². The van der Waals surface area contributed by atoms with Crippen LogP contribution >= 0.6 is 11.3 Å². The van der Waals surface area contributed by atoms with Gasteiger partial charge in [0.25, 0.3) is 0 Å². The number of carbonyl (C=O) groups excluding carboxylic acids is 1. The number of esters is 1. The molecule has 0 N–H and O–H groups in total. The van der Waals surface area contributed by atoms with E-state index in [4.69, 9.17) is 9.26 Å². The molecule has 0 saturated carbocycles. The molecule has 7 heteroatoms. The standard InChI is InChI=1S/C13H17N3O3S/c1-3-18-12(17)6-7-16(2)9-11-14-13(15-19-11)10-5-4-8-20-10/h4-5,8H,3,6-7,9H2,1-2H3. The number of aromatic nitrogens is 2. The second-order valence-electron chi connectivity index (χ2n) is 4.28. The van der Waals surface area contributed by atoms with E-state index in [0.717, 1.165) is 4.88 Å². The number of rotatable bonds is 7. The average molecular weight is 295 g/mol. The van der Waals surface area contributed by atoms with Crippen LogP contribution in [0, 0.1) is 0 Å². The van der Waals surface area contributed by atoms with Crippen LogP contribution in [0.25, 0.3) is 10.7 Å². The van der Waals surface area contributed by atoms with Gasteiger partial charge in [0.1, 0.15) is 0 Å². The minimum Gasteiger partial charge on any atom is -0.466 e. The van der Waals surface area contributed by atoms with Crippen molar-refractivity contribution in [2.24, 2.45) is 0 Å². The molecule has 2 rings (SSSR count). The molecule has 108 valence electrons. The molecule has 2 aromatic heterocycles. The quantitative estimate of drug-likeness (QED) is 0.729. The third-order valence-corrected chi connectivity index (χ3v) is 3.48. The number of hydrogen-bond acceptors (Lipinski definition) is 7. The predicted octanol–water partition coefficient (Wildman–Crippen LogP) is 2.18. The van der Waals surface area contributed by atoms with Crippen LogP contribution in [0.3, 0.4) is 0 Å². The van der Waals surface area contributed by atoms with Gasteiger partial charge in [0.05, 0.1) is 24.4 Å². The first-order valence-electron chi connectivity index (χ1n) is 6.39. The van der Waals surface area contributed by atoms with Crippen LogP contribution in [0.1, 0.15) is 19.2 Å². The van der Waals surface area contributed by atoms with Crippen LogP contribution in [0.15, 0.2) is 22.0 Å². The summed E-state index contributed by atoms with van der Waals surface area (Å²) in [5.74, 6) is 0.956. The summed E-state index contributed by atoms with van der Waals surface area (Å²) >= 11 is 1.57. The molecule has 0 radical (unpaired) electrons. The van der Waals surface area contributed by atoms with Gasteiger partial charge in [-0.25, -0.2) is 0 Å². The number of thiophene rings is 1. The van der Waals surface area contributed by atoms with E-state index in [9.17, 15) is 4.79 Å². The molecule has 0 fully saturated rings. The van der Waals surface area contributed by atoms with Gasteiger partial charge in [0.2, 0.25) is 11.7 Å². The van der Waals surface area contributed by atoms with Crippen molar-refractivity contribution in [2.45, 2.75) is 19.9 Å². The normalized spacial score (nSPS) is 10.9. The van der Waals surface area contributed by atoms with Gasteiger partial charge in [-0.1, -0.05) is 11.2 Å². The lowest BCUT2D eigenvalue weighted by atomic mass is 10.4. The van der Waals surface area contributed by atoms with Crippen LogP contribution in [0.5, 0.6) is 0 Å². The maximum absolute atomic E-state index is 11.3. The molecule has 0 amide bonds. The van der Waals surface area contributed by atoms with Crippen LogP contribution in [-0.2, 0) is 16.1 Å². The summed E-state index contributed by atoms with van der Waals surface area (Å²) in [5, 5.41) is 5.91. The van der Waals surface area contributed by atoms with Gasteiger partial charge in [0.15, 0.2) is 0 Å². The lowest BCUT2D eigenvalue weighted by molar-refractivity contribution is -0.143. The second-order valence-corrected chi connectivity index (χ2v) is 5.23. The molecule has 0 aliphatic carbocycles. The molecule has 2 heterocycles. The fraction of sp³-hybridized carbons (Fsp3) is 0.462. The Balaban J connectivity index is 1.83. The fourth-order valence-corrected chi connectivity index (χ4v) is 2.30. The lowest BCUT2D eigenvalue weighted by Gasteiger charge is -2.12. The highest BCUT2D eigenvalue weighted by Crippen LogP contribution is 2.21. The SMILES string of the molecule is CCOC(=O)CCN(C)Cc1nc(-c2cccs2)no1. The van der Waals surface area contributed by atoms with Crippen molar-refractivity contribution in [1.82, 2.24) is 15.0 Å². The van der Waals surface area contributed by atoms with E-state index in [1.54, 1.807) is 18.3 Å². The highest BCUT2D eigenvalue weighted by atomic mass is 32.1. The first-order chi connectivity index (χ1) is 9.69. The summed E-state index contributed by atoms with van der Waals surface area (Å²) in [4.78, 5) is 18.5. The van der Waals surface area contributed by atoms with E-state index in [-0.39, 0.29) is 5.97 Å².